The fourth-order valence-corrected chi connectivity index (χ4v) is 10.2. The van der Waals surface area contributed by atoms with Crippen LogP contribution >= 0.6 is 0 Å². The predicted octanol–water partition coefficient (Wildman–Crippen LogP) is 16.7. The van der Waals surface area contributed by atoms with E-state index in [1.54, 1.807) is 0 Å². The van der Waals surface area contributed by atoms with Gasteiger partial charge in [-0.15, -0.1) is 0 Å². The zero-order valence-electron chi connectivity index (χ0n) is 34.8. The highest BCUT2D eigenvalue weighted by Crippen LogP contribution is 2.53. The number of rotatable bonds is 7. The molecule has 4 heteroatoms. The molecule has 64 heavy (non-hydrogen) atoms. The number of benzene rings is 10. The Morgan fingerprint density at radius 1 is 0.375 bits per heavy atom. The van der Waals surface area contributed by atoms with Crippen LogP contribution in [0.1, 0.15) is 16.7 Å². The summed E-state index contributed by atoms with van der Waals surface area (Å²) in [6.45, 7) is 0. The van der Waals surface area contributed by atoms with Crippen molar-refractivity contribution in [1.82, 2.24) is 4.57 Å². The summed E-state index contributed by atoms with van der Waals surface area (Å²) in [5.41, 5.74) is 15.9. The molecule has 3 heterocycles. The molecule has 2 aromatic heterocycles. The van der Waals surface area contributed by atoms with Gasteiger partial charge in [0.2, 0.25) is 0 Å². The maximum atomic E-state index is 7.61. The van der Waals surface area contributed by atoms with Gasteiger partial charge < -0.3 is 18.8 Å². The predicted molar refractivity (Wildman–Crippen MR) is 268 cm³/mol. The zero-order valence-corrected chi connectivity index (χ0v) is 34.8. The van der Waals surface area contributed by atoms with Gasteiger partial charge in [-0.3, -0.25) is 0 Å². The molecule has 10 aromatic carbocycles. The van der Waals surface area contributed by atoms with Gasteiger partial charge in [0.1, 0.15) is 5.58 Å². The highest BCUT2D eigenvalue weighted by molar-refractivity contribution is 6.37. The van der Waals surface area contributed by atoms with E-state index in [0.29, 0.717) is 0 Å². The average Bonchev–Trinajstić information content (AvgIpc) is 3.88. The van der Waals surface area contributed by atoms with E-state index in [9.17, 15) is 0 Å². The van der Waals surface area contributed by atoms with Crippen LogP contribution in [0.2, 0.25) is 0 Å². The van der Waals surface area contributed by atoms with Gasteiger partial charge >= 0.3 is 0 Å². The second-order valence-corrected chi connectivity index (χ2v) is 16.4. The number of anilines is 6. The highest BCUT2D eigenvalue weighted by Gasteiger charge is 2.30. The van der Waals surface area contributed by atoms with E-state index >= 15 is 0 Å². The maximum absolute atomic E-state index is 7.61. The molecule has 0 aliphatic carbocycles. The van der Waals surface area contributed by atoms with Crippen molar-refractivity contribution in [3.63, 3.8) is 0 Å². The summed E-state index contributed by atoms with van der Waals surface area (Å²) >= 11 is 0. The van der Waals surface area contributed by atoms with Gasteiger partial charge in [-0.2, -0.15) is 0 Å². The molecule has 4 nitrogen and oxygen atoms in total. The fourth-order valence-electron chi connectivity index (χ4n) is 10.2. The summed E-state index contributed by atoms with van der Waals surface area (Å²) in [6.07, 6.45) is 2.36. The molecule has 1 aliphatic rings. The van der Waals surface area contributed by atoms with Gasteiger partial charge in [0.05, 0.1) is 33.5 Å². The molecule has 0 atom stereocenters. The zero-order chi connectivity index (χ0) is 42.1. The Kier molecular flexibility index (Phi) is 8.18. The van der Waals surface area contributed by atoms with Crippen LogP contribution in [-0.4, -0.2) is 4.57 Å². The molecular weight excluding hydrogens is 779 g/mol. The van der Waals surface area contributed by atoms with E-state index in [1.807, 2.05) is 0 Å². The topological polar surface area (TPSA) is 24.6 Å². The summed E-state index contributed by atoms with van der Waals surface area (Å²) in [5, 5.41) is 6.85. The van der Waals surface area contributed by atoms with Crippen molar-refractivity contribution in [2.24, 2.45) is 0 Å². The Morgan fingerprint density at radius 3 is 1.52 bits per heavy atom. The summed E-state index contributed by atoms with van der Waals surface area (Å²) in [5.74, 6) is 0. The molecule has 0 saturated carbocycles. The lowest BCUT2D eigenvalue weighted by Crippen LogP contribution is -2.13. The Bertz CT molecular complexity index is 3680. The molecular formula is C60H39N3O. The molecule has 13 rings (SSSR count). The van der Waals surface area contributed by atoms with Crippen molar-refractivity contribution in [2.75, 3.05) is 9.80 Å². The lowest BCUT2D eigenvalue weighted by atomic mass is 9.93. The van der Waals surface area contributed by atoms with Crippen LogP contribution in [0.5, 0.6) is 0 Å². The minimum absolute atomic E-state index is 0.803. The van der Waals surface area contributed by atoms with Gasteiger partial charge in [0, 0.05) is 50.5 Å². The van der Waals surface area contributed by atoms with Crippen LogP contribution in [0.3, 0.4) is 0 Å². The first-order valence-electron chi connectivity index (χ1n) is 21.9. The van der Waals surface area contributed by atoms with Gasteiger partial charge in [0.15, 0.2) is 5.58 Å². The molecule has 300 valence electrons. The quantitative estimate of drug-likeness (QED) is 0.160. The largest absolute Gasteiger partial charge is 0.454 e. The highest BCUT2D eigenvalue weighted by atomic mass is 16.3. The molecule has 12 aromatic rings. The molecule has 0 N–H and O–H groups in total. The number of aromatic nitrogens is 1. The minimum Gasteiger partial charge on any atom is -0.454 e. The Balaban J connectivity index is 1.24. The van der Waals surface area contributed by atoms with Crippen LogP contribution < -0.4 is 9.80 Å². The lowest BCUT2D eigenvalue weighted by molar-refractivity contribution is 0.671. The van der Waals surface area contributed by atoms with E-state index in [1.165, 1.54) is 38.4 Å². The number of para-hydroxylation sites is 6. The molecule has 0 radical (unpaired) electrons. The maximum Gasteiger partial charge on any atom is 0.160 e. The first-order valence-corrected chi connectivity index (χ1v) is 21.9. The smallest absolute Gasteiger partial charge is 0.160 e. The number of hydrogen-bond donors (Lipinski definition) is 0. The number of hydrogen-bond acceptors (Lipinski definition) is 3. The molecule has 0 amide bonds. The molecule has 0 unspecified atom stereocenters. The van der Waals surface area contributed by atoms with Crippen molar-refractivity contribution < 1.29 is 4.42 Å². The lowest BCUT2D eigenvalue weighted by Gasteiger charge is -2.30. The van der Waals surface area contributed by atoms with E-state index in [0.717, 1.165) is 78.2 Å². The van der Waals surface area contributed by atoms with Crippen molar-refractivity contribution in [3.8, 4) is 5.69 Å². The third-order valence-corrected chi connectivity index (χ3v) is 12.8. The van der Waals surface area contributed by atoms with Gasteiger partial charge in [0.25, 0.3) is 0 Å². The Morgan fingerprint density at radius 2 is 0.891 bits per heavy atom. The van der Waals surface area contributed by atoms with Crippen LogP contribution in [0.15, 0.2) is 235 Å². The molecule has 0 spiro atoms. The second-order valence-electron chi connectivity index (χ2n) is 16.4. The monoisotopic (exact) mass is 817 g/mol. The average molecular weight is 818 g/mol. The van der Waals surface area contributed by atoms with Crippen LogP contribution in [0.25, 0.3) is 71.9 Å². The van der Waals surface area contributed by atoms with Gasteiger partial charge in [-0.05, 0) is 94.2 Å². The Labute approximate surface area is 370 Å². The number of nitrogens with zero attached hydrogens (tertiary/aromatic N) is 3. The van der Waals surface area contributed by atoms with Crippen molar-refractivity contribution in [3.05, 3.63) is 247 Å². The standard InChI is InChI=1S/C60H39N3O/c1-6-21-40(22-7-1)51-37-41-23-16-19-36-52(41)63-58-49(51)34-20-35-50(58)55-47-32-17-18-33-48(47)56-57-53(62(44-28-12-4-13-29-44)45-30-14-5-15-31-45)38-46(39-54(57)64-60(56)59(55)63)61(42-24-8-2-9-25-42)43-26-10-3-11-27-43/h1-39H. The summed E-state index contributed by atoms with van der Waals surface area (Å²) in [6, 6.07) is 82.5. The van der Waals surface area contributed by atoms with Gasteiger partial charge in [-0.25, -0.2) is 0 Å². The number of fused-ring (bicyclic) bond motifs is 12. The first-order chi connectivity index (χ1) is 31.8. The normalized spacial score (nSPS) is 12.2. The van der Waals surface area contributed by atoms with E-state index in [4.69, 9.17) is 4.42 Å². The third-order valence-electron chi connectivity index (χ3n) is 12.8. The fraction of sp³-hybridized carbons (Fsp3) is 0. The van der Waals surface area contributed by atoms with E-state index in [-0.39, 0.29) is 0 Å². The third kappa shape index (κ3) is 5.49. The summed E-state index contributed by atoms with van der Waals surface area (Å²) in [7, 11) is 0. The van der Waals surface area contributed by atoms with E-state index in [2.05, 4.69) is 251 Å². The van der Waals surface area contributed by atoms with Crippen molar-refractivity contribution in [2.45, 2.75) is 0 Å². The van der Waals surface area contributed by atoms with E-state index < -0.39 is 0 Å². The number of furan rings is 1. The molecule has 0 bridgehead atoms. The van der Waals surface area contributed by atoms with Gasteiger partial charge in [-0.1, -0.05) is 164 Å². The van der Waals surface area contributed by atoms with Crippen LogP contribution in [-0.2, 0) is 0 Å². The summed E-state index contributed by atoms with van der Waals surface area (Å²) in [4.78, 5) is 4.72. The van der Waals surface area contributed by atoms with Crippen LogP contribution in [0.4, 0.5) is 34.1 Å². The van der Waals surface area contributed by atoms with Crippen LogP contribution in [0, 0.1) is 0 Å². The Hall–Kier alpha value is -8.60. The first kappa shape index (κ1) is 36.1. The van der Waals surface area contributed by atoms with Crippen molar-refractivity contribution in [1.29, 1.82) is 0 Å². The second kappa shape index (κ2) is 14.5. The molecule has 0 saturated heterocycles. The minimum atomic E-state index is 0.803. The molecule has 1 aliphatic heterocycles. The SMILES string of the molecule is C1=C(c2ccccc2)c2cccc3c4c5ccccc5c5c(oc6cc(N(c7ccccc7)c7ccccc7)cc(N(c7ccccc7)c7ccccc7)c65)c4n(c23)-c2ccccc21. The molecule has 0 fully saturated rings. The van der Waals surface area contributed by atoms with Crippen molar-refractivity contribution >= 4 is 100 Å². The summed E-state index contributed by atoms with van der Waals surface area (Å²) < 4.78 is 10.1.